The van der Waals surface area contributed by atoms with Crippen molar-refractivity contribution in [2.45, 2.75) is 6.42 Å². The first kappa shape index (κ1) is 22.3. The molecule has 32 heavy (non-hydrogen) atoms. The van der Waals surface area contributed by atoms with Crippen LogP contribution in [0.15, 0.2) is 76.5 Å². The van der Waals surface area contributed by atoms with Gasteiger partial charge in [0.2, 0.25) is 0 Å². The van der Waals surface area contributed by atoms with Gasteiger partial charge in [0.05, 0.1) is 0 Å². The van der Waals surface area contributed by atoms with E-state index in [2.05, 4.69) is 4.98 Å². The number of aromatic nitrogens is 1. The third-order valence-corrected chi connectivity index (χ3v) is 7.73. The summed E-state index contributed by atoms with van der Waals surface area (Å²) in [7, 11) is 0. The molecule has 0 saturated carbocycles. The third-order valence-electron chi connectivity index (χ3n) is 4.44. The number of allylic oxidation sites excluding steroid dienone is 1. The first-order chi connectivity index (χ1) is 15.5. The number of nitrogens with zero attached hydrogens (tertiary/aromatic N) is 1. The molecule has 0 bridgehead atoms. The van der Waals surface area contributed by atoms with E-state index in [0.29, 0.717) is 27.2 Å². The second-order valence-corrected chi connectivity index (χ2v) is 10.9. The Morgan fingerprint density at radius 1 is 1.09 bits per heavy atom. The number of thiazole rings is 1. The molecule has 2 aromatic heterocycles. The number of furan rings is 1. The van der Waals surface area contributed by atoms with Crippen LogP contribution in [0.2, 0.25) is 5.02 Å². The van der Waals surface area contributed by atoms with Gasteiger partial charge in [-0.25, -0.2) is 0 Å². The van der Waals surface area contributed by atoms with Crippen LogP contribution in [0, 0.1) is 0 Å². The summed E-state index contributed by atoms with van der Waals surface area (Å²) >= 11 is 6.75. The molecule has 5 nitrogen and oxygen atoms in total. The van der Waals surface area contributed by atoms with Crippen molar-refractivity contribution in [1.29, 1.82) is 0 Å². The maximum atomic E-state index is 12.3. The van der Waals surface area contributed by atoms with Crippen molar-refractivity contribution in [2.75, 3.05) is 0 Å². The molecule has 4 rings (SSSR count). The zero-order valence-electron chi connectivity index (χ0n) is 16.6. The van der Waals surface area contributed by atoms with E-state index in [1.165, 1.54) is 11.3 Å². The van der Waals surface area contributed by atoms with E-state index in [1.54, 1.807) is 23.6 Å². The van der Waals surface area contributed by atoms with Gasteiger partial charge in [0.1, 0.15) is 0 Å². The van der Waals surface area contributed by atoms with E-state index in [-0.39, 0.29) is 11.0 Å². The van der Waals surface area contributed by atoms with Crippen LogP contribution in [0.3, 0.4) is 0 Å². The molecule has 0 spiro atoms. The molecule has 0 amide bonds. The topological polar surface area (TPSA) is 80.4 Å². The van der Waals surface area contributed by atoms with Crippen LogP contribution in [0.25, 0.3) is 28.9 Å². The molecule has 0 aliphatic rings. The van der Waals surface area contributed by atoms with Crippen molar-refractivity contribution in [1.82, 2.24) is 4.98 Å². The normalized spacial score (nSPS) is 11.5. The summed E-state index contributed by atoms with van der Waals surface area (Å²) in [6.45, 7) is 0. The number of aliphatic carboxylic acids is 1. The molecule has 1 N–H and O–H groups in total. The van der Waals surface area contributed by atoms with E-state index >= 15 is 0 Å². The molecule has 0 aliphatic carbocycles. The Bertz CT molecular complexity index is 1300. The van der Waals surface area contributed by atoms with Crippen molar-refractivity contribution in [2.24, 2.45) is 0 Å². The molecular weight excluding hydrogens is 509 g/mol. The molecule has 160 valence electrons. The summed E-state index contributed by atoms with van der Waals surface area (Å²) in [5, 5.41) is 11.7. The van der Waals surface area contributed by atoms with Crippen molar-refractivity contribution >= 4 is 59.7 Å². The fraction of sp³-hybridized carbons (Fsp3) is 0.0417. The number of benzene rings is 2. The SMILES string of the molecule is O=C(O)Cc1nc(-c2ccc(-c3ccc([AsH]C(=O)C=Cc4ccccc4)cc3Cl)o2)cs1. The van der Waals surface area contributed by atoms with Gasteiger partial charge in [-0.05, 0) is 0 Å². The van der Waals surface area contributed by atoms with Crippen molar-refractivity contribution < 1.29 is 19.1 Å². The average molecular weight is 526 g/mol. The number of carbonyl (C=O) groups is 2. The summed E-state index contributed by atoms with van der Waals surface area (Å²) in [4.78, 5) is 27.5. The number of rotatable bonds is 8. The standard InChI is InChI=1S/C24H17AsClNO4S/c26-18-12-16(25-22(28)11-6-15-4-2-1-3-5-15)7-8-17(18)20-9-10-21(31-20)19-14-32-23(27-19)13-24(29)30/h1-12,14,25H,13H2,(H,29,30). The minimum atomic E-state index is -1.02. The second-order valence-electron chi connectivity index (χ2n) is 6.79. The molecule has 8 heteroatoms. The van der Waals surface area contributed by atoms with Crippen LogP contribution in [0.5, 0.6) is 0 Å². The van der Waals surface area contributed by atoms with Gasteiger partial charge in [-0.3, -0.25) is 4.79 Å². The van der Waals surface area contributed by atoms with E-state index in [0.717, 1.165) is 15.5 Å². The van der Waals surface area contributed by atoms with Gasteiger partial charge < -0.3 is 5.11 Å². The summed E-state index contributed by atoms with van der Waals surface area (Å²) in [5.41, 5.74) is 2.30. The zero-order valence-corrected chi connectivity index (χ0v) is 20.3. The Kier molecular flexibility index (Phi) is 7.05. The molecule has 1 atom stereocenters. The Hall–Kier alpha value is -2.92. The quantitative estimate of drug-likeness (QED) is 0.267. The van der Waals surface area contributed by atoms with Crippen LogP contribution < -0.4 is 4.35 Å². The van der Waals surface area contributed by atoms with Crippen molar-refractivity contribution in [3.63, 3.8) is 0 Å². The monoisotopic (exact) mass is 525 g/mol. The Morgan fingerprint density at radius 3 is 2.62 bits per heavy atom. The molecule has 0 aliphatic heterocycles. The van der Waals surface area contributed by atoms with Crippen LogP contribution in [-0.2, 0) is 16.0 Å². The van der Waals surface area contributed by atoms with Crippen LogP contribution >= 0.6 is 22.9 Å². The summed E-state index contributed by atoms with van der Waals surface area (Å²) in [6, 6.07) is 18.9. The zero-order chi connectivity index (χ0) is 22.5. The maximum absolute atomic E-state index is 12.3. The number of carbonyl (C=O) groups excluding carboxylic acids is 1. The summed E-state index contributed by atoms with van der Waals surface area (Å²) < 4.78 is 6.95. The molecule has 0 radical (unpaired) electrons. The third kappa shape index (κ3) is 5.65. The van der Waals surface area contributed by atoms with Gasteiger partial charge in [-0.2, -0.15) is 0 Å². The summed E-state index contributed by atoms with van der Waals surface area (Å²) in [5.74, 6) is 0.206. The molecular formula is C24H17AsClNO4S. The van der Waals surface area contributed by atoms with E-state index in [4.69, 9.17) is 21.1 Å². The molecule has 0 fully saturated rings. The van der Waals surface area contributed by atoms with Gasteiger partial charge in [-0.1, -0.05) is 0 Å². The minimum absolute atomic E-state index is 0.110. The predicted octanol–water partition coefficient (Wildman–Crippen LogP) is 4.65. The van der Waals surface area contributed by atoms with Gasteiger partial charge >= 0.3 is 191 Å². The van der Waals surface area contributed by atoms with Gasteiger partial charge in [0.25, 0.3) is 0 Å². The Morgan fingerprint density at radius 2 is 1.88 bits per heavy atom. The van der Waals surface area contributed by atoms with Gasteiger partial charge in [-0.15, -0.1) is 0 Å². The first-order valence-corrected chi connectivity index (χ1v) is 12.9. The average Bonchev–Trinajstić information content (AvgIpc) is 3.42. The second kappa shape index (κ2) is 10.1. The van der Waals surface area contributed by atoms with Crippen LogP contribution in [0.4, 0.5) is 0 Å². The Labute approximate surface area is 200 Å². The first-order valence-electron chi connectivity index (χ1n) is 9.58. The molecule has 0 saturated heterocycles. The number of carboxylic acid groups (broad SMARTS) is 1. The predicted molar refractivity (Wildman–Crippen MR) is 129 cm³/mol. The van der Waals surface area contributed by atoms with E-state index < -0.39 is 21.7 Å². The number of carboxylic acids is 1. The fourth-order valence-corrected chi connectivity index (χ4v) is 5.96. The molecule has 2 aromatic carbocycles. The van der Waals surface area contributed by atoms with Crippen LogP contribution in [0.1, 0.15) is 10.6 Å². The summed E-state index contributed by atoms with van der Waals surface area (Å²) in [6.07, 6.45) is 3.34. The van der Waals surface area contributed by atoms with E-state index in [9.17, 15) is 9.59 Å². The van der Waals surface area contributed by atoms with Gasteiger partial charge in [0.15, 0.2) is 0 Å². The Balaban J connectivity index is 1.45. The number of halogens is 1. The molecule has 4 aromatic rings. The number of hydrogen-bond donors (Lipinski definition) is 1. The number of hydrogen-bond acceptors (Lipinski definition) is 5. The molecule has 1 unspecified atom stereocenters. The van der Waals surface area contributed by atoms with Crippen molar-refractivity contribution in [3.8, 4) is 22.8 Å². The fourth-order valence-electron chi connectivity index (χ4n) is 2.97. The van der Waals surface area contributed by atoms with Crippen molar-refractivity contribution in [3.05, 3.63) is 87.7 Å². The van der Waals surface area contributed by atoms with Gasteiger partial charge in [0, 0.05) is 0 Å². The van der Waals surface area contributed by atoms with E-state index in [1.807, 2.05) is 54.6 Å². The van der Waals surface area contributed by atoms with Crippen LogP contribution in [-0.4, -0.2) is 36.4 Å². The molecule has 2 heterocycles.